The normalized spacial score (nSPS) is 16.9. The number of fused-ring (bicyclic) bond motifs is 3. The number of sulfonamides is 1. The maximum atomic E-state index is 13.2. The van der Waals surface area contributed by atoms with Gasteiger partial charge in [-0.15, -0.1) is 0 Å². The van der Waals surface area contributed by atoms with E-state index in [0.717, 1.165) is 5.56 Å². The summed E-state index contributed by atoms with van der Waals surface area (Å²) >= 11 is 0. The fourth-order valence-corrected chi connectivity index (χ4v) is 4.89. The van der Waals surface area contributed by atoms with Crippen molar-refractivity contribution in [2.45, 2.75) is 11.5 Å². The lowest BCUT2D eigenvalue weighted by molar-refractivity contribution is 0.297. The molecule has 3 aromatic rings. The van der Waals surface area contributed by atoms with Gasteiger partial charge in [0.05, 0.1) is 22.2 Å². The van der Waals surface area contributed by atoms with Gasteiger partial charge in [0.15, 0.2) is 5.76 Å². The Bertz CT molecular complexity index is 1110. The van der Waals surface area contributed by atoms with E-state index in [0.29, 0.717) is 55.8 Å². The molecule has 0 unspecified atom stereocenters. The SMILES string of the molecule is O=S(=O)(c1ccc2c(c1)-c1oncc1CO2)N1CCN(c2ncccn2)CC1. The third-order valence-corrected chi connectivity index (χ3v) is 6.83. The highest BCUT2D eigenvalue weighted by atomic mass is 32.2. The van der Waals surface area contributed by atoms with Gasteiger partial charge in [-0.25, -0.2) is 18.4 Å². The van der Waals surface area contributed by atoms with Gasteiger partial charge in [-0.1, -0.05) is 5.16 Å². The van der Waals surface area contributed by atoms with Crippen molar-refractivity contribution in [1.29, 1.82) is 0 Å². The molecule has 5 rings (SSSR count). The van der Waals surface area contributed by atoms with Crippen LogP contribution in [0.5, 0.6) is 5.75 Å². The van der Waals surface area contributed by atoms with Crippen LogP contribution in [0.1, 0.15) is 5.56 Å². The summed E-state index contributed by atoms with van der Waals surface area (Å²) in [5, 5.41) is 3.79. The Morgan fingerprint density at radius 2 is 1.82 bits per heavy atom. The average Bonchev–Trinajstić information content (AvgIpc) is 3.23. The van der Waals surface area contributed by atoms with Gasteiger partial charge in [0, 0.05) is 38.6 Å². The molecule has 144 valence electrons. The highest BCUT2D eigenvalue weighted by Crippen LogP contribution is 2.39. The lowest BCUT2D eigenvalue weighted by Crippen LogP contribution is -2.49. The van der Waals surface area contributed by atoms with Crippen molar-refractivity contribution in [3.63, 3.8) is 0 Å². The van der Waals surface area contributed by atoms with Gasteiger partial charge < -0.3 is 14.2 Å². The average molecular weight is 399 g/mol. The van der Waals surface area contributed by atoms with Gasteiger partial charge in [0.2, 0.25) is 16.0 Å². The van der Waals surface area contributed by atoms with Crippen LogP contribution in [0, 0.1) is 0 Å². The van der Waals surface area contributed by atoms with Crippen LogP contribution in [0.4, 0.5) is 5.95 Å². The minimum absolute atomic E-state index is 0.212. The zero-order valence-electron chi connectivity index (χ0n) is 14.9. The first-order chi connectivity index (χ1) is 13.6. The summed E-state index contributed by atoms with van der Waals surface area (Å²) in [6, 6.07) is 6.59. The largest absolute Gasteiger partial charge is 0.488 e. The molecule has 9 nitrogen and oxygen atoms in total. The second kappa shape index (κ2) is 6.57. The zero-order valence-corrected chi connectivity index (χ0v) is 15.7. The van der Waals surface area contributed by atoms with Crippen LogP contribution in [0.15, 0.2) is 52.3 Å². The van der Waals surface area contributed by atoms with E-state index in [1.807, 2.05) is 4.90 Å². The second-order valence-electron chi connectivity index (χ2n) is 6.57. The third-order valence-electron chi connectivity index (χ3n) is 4.93. The van der Waals surface area contributed by atoms with Crippen molar-refractivity contribution in [2.24, 2.45) is 0 Å². The fraction of sp³-hybridized carbons (Fsp3) is 0.278. The number of nitrogens with zero attached hydrogens (tertiary/aromatic N) is 5. The maximum absolute atomic E-state index is 13.2. The van der Waals surface area contributed by atoms with Crippen molar-refractivity contribution in [3.05, 3.63) is 48.4 Å². The van der Waals surface area contributed by atoms with Gasteiger partial charge in [0.25, 0.3) is 0 Å². The van der Waals surface area contributed by atoms with Gasteiger partial charge in [-0.2, -0.15) is 4.31 Å². The minimum atomic E-state index is -3.64. The molecule has 0 bridgehead atoms. The van der Waals surface area contributed by atoms with Crippen molar-refractivity contribution in [2.75, 3.05) is 31.1 Å². The molecule has 0 amide bonds. The van der Waals surface area contributed by atoms with Gasteiger partial charge >= 0.3 is 0 Å². The molecule has 2 aliphatic heterocycles. The topological polar surface area (TPSA) is 102 Å². The first-order valence-corrected chi connectivity index (χ1v) is 10.3. The molecule has 0 atom stereocenters. The van der Waals surface area contributed by atoms with E-state index in [4.69, 9.17) is 9.26 Å². The molecule has 1 saturated heterocycles. The third kappa shape index (κ3) is 2.81. The monoisotopic (exact) mass is 399 g/mol. The van der Waals surface area contributed by atoms with E-state index in [1.165, 1.54) is 4.31 Å². The highest BCUT2D eigenvalue weighted by Gasteiger charge is 2.31. The van der Waals surface area contributed by atoms with E-state index >= 15 is 0 Å². The lowest BCUT2D eigenvalue weighted by atomic mass is 10.1. The van der Waals surface area contributed by atoms with Crippen LogP contribution in [0.25, 0.3) is 11.3 Å². The summed E-state index contributed by atoms with van der Waals surface area (Å²) in [6.07, 6.45) is 4.95. The van der Waals surface area contributed by atoms with Crippen molar-refractivity contribution in [3.8, 4) is 17.1 Å². The van der Waals surface area contributed by atoms with Crippen LogP contribution in [-0.2, 0) is 16.6 Å². The molecule has 0 N–H and O–H groups in total. The van der Waals surface area contributed by atoms with E-state index in [-0.39, 0.29) is 4.90 Å². The van der Waals surface area contributed by atoms with Crippen LogP contribution in [0.3, 0.4) is 0 Å². The number of hydrogen-bond acceptors (Lipinski definition) is 8. The molecule has 0 radical (unpaired) electrons. The van der Waals surface area contributed by atoms with Crippen LogP contribution in [-0.4, -0.2) is 54.0 Å². The Kier molecular flexibility index (Phi) is 4.02. The Morgan fingerprint density at radius 3 is 2.61 bits per heavy atom. The summed E-state index contributed by atoms with van der Waals surface area (Å²) in [5.74, 6) is 1.77. The molecule has 2 aromatic heterocycles. The Balaban J connectivity index is 1.39. The van der Waals surface area contributed by atoms with Gasteiger partial charge in [-0.05, 0) is 24.3 Å². The quantitative estimate of drug-likeness (QED) is 0.654. The zero-order chi connectivity index (χ0) is 19.1. The predicted octanol–water partition coefficient (Wildman–Crippen LogP) is 1.53. The summed E-state index contributed by atoms with van der Waals surface area (Å²) in [7, 11) is -3.64. The summed E-state index contributed by atoms with van der Waals surface area (Å²) < 4.78 is 38.8. The molecule has 0 spiro atoms. The Hall–Kier alpha value is -2.98. The molecular weight excluding hydrogens is 382 g/mol. The number of benzene rings is 1. The number of hydrogen-bond donors (Lipinski definition) is 0. The summed E-state index contributed by atoms with van der Waals surface area (Å²) in [5.41, 5.74) is 1.41. The van der Waals surface area contributed by atoms with E-state index in [2.05, 4.69) is 15.1 Å². The first kappa shape index (κ1) is 17.1. The molecular formula is C18H17N5O4S. The molecule has 0 aliphatic carbocycles. The molecule has 0 saturated carbocycles. The van der Waals surface area contributed by atoms with Crippen LogP contribution in [0.2, 0.25) is 0 Å². The molecule has 4 heterocycles. The van der Waals surface area contributed by atoms with Crippen LogP contribution >= 0.6 is 0 Å². The predicted molar refractivity (Wildman–Crippen MR) is 99.3 cm³/mol. The lowest BCUT2D eigenvalue weighted by Gasteiger charge is -2.34. The van der Waals surface area contributed by atoms with Crippen molar-refractivity contribution >= 4 is 16.0 Å². The van der Waals surface area contributed by atoms with E-state index in [1.54, 1.807) is 42.9 Å². The molecule has 1 fully saturated rings. The molecule has 28 heavy (non-hydrogen) atoms. The Morgan fingerprint density at radius 1 is 1.04 bits per heavy atom. The first-order valence-electron chi connectivity index (χ1n) is 8.86. The summed E-state index contributed by atoms with van der Waals surface area (Å²) in [6.45, 7) is 2.15. The van der Waals surface area contributed by atoms with Gasteiger partial charge in [0.1, 0.15) is 12.4 Å². The number of ether oxygens (including phenoxy) is 1. The van der Waals surface area contributed by atoms with E-state index < -0.39 is 10.0 Å². The highest BCUT2D eigenvalue weighted by molar-refractivity contribution is 7.89. The number of piperazine rings is 1. The van der Waals surface area contributed by atoms with Crippen molar-refractivity contribution < 1.29 is 17.7 Å². The fourth-order valence-electron chi connectivity index (χ4n) is 3.45. The standard InChI is InChI=1S/C18H17N5O4S/c24-28(25,23-8-6-22(7-9-23)18-19-4-1-5-20-18)14-2-3-16-15(10-14)17-13(12-26-16)11-21-27-17/h1-5,10-11H,6-9,12H2. The number of rotatable bonds is 3. The molecule has 1 aromatic carbocycles. The second-order valence-corrected chi connectivity index (χ2v) is 8.50. The van der Waals surface area contributed by atoms with Crippen LogP contribution < -0.4 is 9.64 Å². The number of aromatic nitrogens is 3. The smallest absolute Gasteiger partial charge is 0.243 e. The Labute approximate surface area is 161 Å². The summed E-state index contributed by atoms with van der Waals surface area (Å²) in [4.78, 5) is 10.6. The molecule has 2 aliphatic rings. The van der Waals surface area contributed by atoms with E-state index in [9.17, 15) is 8.42 Å². The molecule has 10 heteroatoms. The van der Waals surface area contributed by atoms with Crippen molar-refractivity contribution in [1.82, 2.24) is 19.4 Å². The maximum Gasteiger partial charge on any atom is 0.243 e. The number of anilines is 1. The van der Waals surface area contributed by atoms with Gasteiger partial charge in [-0.3, -0.25) is 0 Å². The minimum Gasteiger partial charge on any atom is -0.488 e.